The second-order valence-corrected chi connectivity index (χ2v) is 3.42. The molecule has 0 saturated heterocycles. The largest absolute Gasteiger partial charge is 0.370 e. The smallest absolute Gasteiger partial charge is 0.194 e. The second kappa shape index (κ2) is 3.72. The number of halogens is 1. The van der Waals surface area contributed by atoms with Crippen LogP contribution in [0.2, 0.25) is 0 Å². The van der Waals surface area contributed by atoms with E-state index in [1.807, 2.05) is 36.4 Å². The minimum atomic E-state index is -0.0788. The van der Waals surface area contributed by atoms with Crippen LogP contribution in [0.5, 0.6) is 0 Å². The molecule has 0 spiro atoms. The Balaban J connectivity index is 2.31. The number of aliphatic imine (C=N–C) groups is 1. The molecule has 3 nitrogen and oxygen atoms in total. The number of nitrogens with two attached hydrogens (primary N) is 1. The zero-order valence-electron chi connectivity index (χ0n) is 7.44. The molecular weight excluding hydrogens is 198 g/mol. The van der Waals surface area contributed by atoms with Crippen molar-refractivity contribution in [3.63, 3.8) is 0 Å². The summed E-state index contributed by atoms with van der Waals surface area (Å²) in [6, 6.07) is 9.80. The molecule has 1 unspecified atom stereocenters. The van der Waals surface area contributed by atoms with Crippen molar-refractivity contribution < 1.29 is 0 Å². The summed E-state index contributed by atoms with van der Waals surface area (Å²) >= 11 is 5.85. The predicted octanol–water partition coefficient (Wildman–Crippen LogP) is 1.73. The van der Waals surface area contributed by atoms with Crippen molar-refractivity contribution in [3.05, 3.63) is 47.1 Å². The Morgan fingerprint density at radius 1 is 1.29 bits per heavy atom. The first-order valence-electron chi connectivity index (χ1n) is 4.28. The van der Waals surface area contributed by atoms with Gasteiger partial charge in [-0.25, -0.2) is 4.99 Å². The van der Waals surface area contributed by atoms with Crippen LogP contribution in [-0.4, -0.2) is 5.96 Å². The Hall–Kier alpha value is -1.48. The molecular formula is C10H10ClN3. The number of hydrogen-bond donors (Lipinski definition) is 2. The van der Waals surface area contributed by atoms with E-state index in [0.717, 1.165) is 5.56 Å². The normalized spacial score (nSPS) is 20.8. The first-order valence-corrected chi connectivity index (χ1v) is 4.66. The highest BCUT2D eigenvalue weighted by Gasteiger charge is 2.13. The monoisotopic (exact) mass is 207 g/mol. The van der Waals surface area contributed by atoms with Crippen molar-refractivity contribution in [2.45, 2.75) is 6.04 Å². The van der Waals surface area contributed by atoms with Crippen molar-refractivity contribution in [1.29, 1.82) is 0 Å². The van der Waals surface area contributed by atoms with Crippen LogP contribution in [0.1, 0.15) is 11.6 Å². The van der Waals surface area contributed by atoms with Crippen LogP contribution in [0.4, 0.5) is 0 Å². The fourth-order valence-corrected chi connectivity index (χ4v) is 1.56. The van der Waals surface area contributed by atoms with Gasteiger partial charge in [-0.2, -0.15) is 0 Å². The van der Waals surface area contributed by atoms with Gasteiger partial charge in [-0.15, -0.1) is 0 Å². The van der Waals surface area contributed by atoms with Crippen LogP contribution in [0.3, 0.4) is 0 Å². The van der Waals surface area contributed by atoms with E-state index >= 15 is 0 Å². The van der Waals surface area contributed by atoms with E-state index in [9.17, 15) is 0 Å². The number of nitrogens with zero attached hydrogens (tertiary/aromatic N) is 1. The molecule has 1 aliphatic rings. The molecule has 1 aliphatic heterocycles. The molecule has 0 saturated carbocycles. The average molecular weight is 208 g/mol. The summed E-state index contributed by atoms with van der Waals surface area (Å²) in [5.74, 6) is 0.353. The molecule has 0 aliphatic carbocycles. The Morgan fingerprint density at radius 3 is 2.64 bits per heavy atom. The van der Waals surface area contributed by atoms with E-state index in [2.05, 4.69) is 10.3 Å². The highest BCUT2D eigenvalue weighted by molar-refractivity contribution is 6.30. The predicted molar refractivity (Wildman–Crippen MR) is 57.9 cm³/mol. The Labute approximate surface area is 87.3 Å². The molecule has 72 valence electrons. The molecule has 1 aromatic rings. The van der Waals surface area contributed by atoms with E-state index in [1.54, 1.807) is 0 Å². The maximum atomic E-state index is 5.85. The lowest BCUT2D eigenvalue weighted by Crippen LogP contribution is -2.32. The number of nitrogens with one attached hydrogen (secondary N) is 1. The lowest BCUT2D eigenvalue weighted by molar-refractivity contribution is 0.858. The van der Waals surface area contributed by atoms with Gasteiger partial charge in [-0.05, 0) is 11.6 Å². The number of rotatable bonds is 1. The fraction of sp³-hybridized carbons (Fsp3) is 0.100. The maximum absolute atomic E-state index is 5.85. The Morgan fingerprint density at radius 2 is 2.00 bits per heavy atom. The summed E-state index contributed by atoms with van der Waals surface area (Å²) in [4.78, 5) is 4.23. The molecule has 0 fully saturated rings. The lowest BCUT2D eigenvalue weighted by atomic mass is 10.1. The van der Waals surface area contributed by atoms with Crippen LogP contribution in [0.25, 0.3) is 0 Å². The molecule has 2 rings (SSSR count). The maximum Gasteiger partial charge on any atom is 0.194 e. The third kappa shape index (κ3) is 1.88. The topological polar surface area (TPSA) is 50.4 Å². The third-order valence-electron chi connectivity index (χ3n) is 1.97. The Kier molecular flexibility index (Phi) is 2.41. The molecule has 0 amide bonds. The summed E-state index contributed by atoms with van der Waals surface area (Å²) in [6.07, 6.45) is 1.83. The minimum Gasteiger partial charge on any atom is -0.370 e. The number of benzene rings is 1. The van der Waals surface area contributed by atoms with Crippen molar-refractivity contribution in [2.75, 3.05) is 0 Å². The second-order valence-electron chi connectivity index (χ2n) is 3.01. The number of guanidine groups is 1. The first-order chi connectivity index (χ1) is 6.75. The average Bonchev–Trinajstić information content (AvgIpc) is 2.18. The molecule has 0 aromatic heterocycles. The van der Waals surface area contributed by atoms with Crippen LogP contribution in [-0.2, 0) is 0 Å². The van der Waals surface area contributed by atoms with Gasteiger partial charge in [0, 0.05) is 0 Å². The summed E-state index contributed by atoms with van der Waals surface area (Å²) in [6.45, 7) is 0. The molecule has 0 bridgehead atoms. The highest BCUT2D eigenvalue weighted by Crippen LogP contribution is 2.22. The van der Waals surface area contributed by atoms with Gasteiger partial charge in [0.15, 0.2) is 5.96 Å². The number of hydrogen-bond acceptors (Lipinski definition) is 3. The van der Waals surface area contributed by atoms with Gasteiger partial charge >= 0.3 is 0 Å². The molecule has 14 heavy (non-hydrogen) atoms. The zero-order valence-corrected chi connectivity index (χ0v) is 8.20. The van der Waals surface area contributed by atoms with E-state index in [4.69, 9.17) is 17.3 Å². The first kappa shape index (κ1) is 9.09. The molecule has 1 atom stereocenters. The minimum absolute atomic E-state index is 0.0788. The molecule has 1 aromatic carbocycles. The van der Waals surface area contributed by atoms with Gasteiger partial charge in [-0.1, -0.05) is 41.9 Å². The quantitative estimate of drug-likeness (QED) is 0.689. The molecule has 3 N–H and O–H groups in total. The van der Waals surface area contributed by atoms with Gasteiger partial charge in [-0.3, -0.25) is 0 Å². The van der Waals surface area contributed by atoms with E-state index < -0.39 is 0 Å². The molecule has 1 heterocycles. The van der Waals surface area contributed by atoms with Gasteiger partial charge in [0.05, 0.1) is 0 Å². The SMILES string of the molecule is NC1=NC(c2ccccc2)C=C(Cl)N1. The summed E-state index contributed by atoms with van der Waals surface area (Å²) in [5.41, 5.74) is 6.65. The third-order valence-corrected chi connectivity index (χ3v) is 2.19. The van der Waals surface area contributed by atoms with Crippen LogP contribution in [0.15, 0.2) is 46.6 Å². The van der Waals surface area contributed by atoms with Crippen molar-refractivity contribution in [1.82, 2.24) is 5.32 Å². The van der Waals surface area contributed by atoms with Crippen LogP contribution in [0, 0.1) is 0 Å². The summed E-state index contributed by atoms with van der Waals surface area (Å²) in [5, 5.41) is 3.25. The zero-order chi connectivity index (χ0) is 9.97. The Bertz CT molecular complexity index is 366. The van der Waals surface area contributed by atoms with Gasteiger partial charge in [0.25, 0.3) is 0 Å². The van der Waals surface area contributed by atoms with Gasteiger partial charge in [0.1, 0.15) is 11.2 Å². The lowest BCUT2D eigenvalue weighted by Gasteiger charge is -2.16. The van der Waals surface area contributed by atoms with Gasteiger partial charge in [0.2, 0.25) is 0 Å². The molecule has 0 radical (unpaired) electrons. The highest BCUT2D eigenvalue weighted by atomic mass is 35.5. The van der Waals surface area contributed by atoms with E-state index in [0.29, 0.717) is 11.1 Å². The van der Waals surface area contributed by atoms with Crippen LogP contribution < -0.4 is 11.1 Å². The van der Waals surface area contributed by atoms with Gasteiger partial charge < -0.3 is 11.1 Å². The standard InChI is InChI=1S/C10H10ClN3/c11-9-6-8(13-10(12)14-9)7-4-2-1-3-5-7/h1-6,8H,(H3,12,13,14). The van der Waals surface area contributed by atoms with Crippen molar-refractivity contribution in [3.8, 4) is 0 Å². The van der Waals surface area contributed by atoms with Crippen molar-refractivity contribution >= 4 is 17.6 Å². The van der Waals surface area contributed by atoms with E-state index in [-0.39, 0.29) is 6.04 Å². The van der Waals surface area contributed by atoms with E-state index in [1.165, 1.54) is 0 Å². The van der Waals surface area contributed by atoms with Crippen molar-refractivity contribution in [2.24, 2.45) is 10.7 Å². The summed E-state index contributed by atoms with van der Waals surface area (Å²) in [7, 11) is 0. The van der Waals surface area contributed by atoms with Crippen LogP contribution >= 0.6 is 11.6 Å². The summed E-state index contributed by atoms with van der Waals surface area (Å²) < 4.78 is 0. The molecule has 4 heteroatoms. The fourth-order valence-electron chi connectivity index (χ4n) is 1.34.